The van der Waals surface area contributed by atoms with Crippen molar-refractivity contribution in [1.29, 1.82) is 0 Å². The monoisotopic (exact) mass is 256 g/mol. The Hall–Kier alpha value is -2.05. The number of ether oxygens (including phenoxy) is 1. The van der Waals surface area contributed by atoms with Gasteiger partial charge in [0.05, 0.1) is 5.69 Å². The van der Waals surface area contributed by atoms with Crippen LogP contribution in [-0.2, 0) is 7.05 Å². The maximum Gasteiger partial charge on any atom is 0.387 e. The minimum Gasteiger partial charge on any atom is -0.432 e. The highest BCUT2D eigenvalue weighted by Crippen LogP contribution is 2.22. The van der Waals surface area contributed by atoms with Crippen molar-refractivity contribution >= 4 is 0 Å². The maximum absolute atomic E-state index is 13.2. The zero-order chi connectivity index (χ0) is 13.1. The average molecular weight is 256 g/mol. The summed E-state index contributed by atoms with van der Waals surface area (Å²) >= 11 is 0. The summed E-state index contributed by atoms with van der Waals surface area (Å²) in [6.07, 6.45) is 3.21. The molecule has 0 aliphatic heterocycles. The molecule has 1 radical (unpaired) electrons. The summed E-state index contributed by atoms with van der Waals surface area (Å²) in [4.78, 5) is 0. The Morgan fingerprint density at radius 1 is 1.39 bits per heavy atom. The first-order chi connectivity index (χ1) is 8.54. The van der Waals surface area contributed by atoms with Gasteiger partial charge in [-0.05, 0) is 17.7 Å². The molecule has 0 spiro atoms. The third-order valence-corrected chi connectivity index (χ3v) is 2.11. The van der Waals surface area contributed by atoms with E-state index >= 15 is 0 Å². The van der Waals surface area contributed by atoms with Crippen LogP contribution in [0.1, 0.15) is 11.3 Å². The number of hydrogen-bond donors (Lipinski definition) is 0. The van der Waals surface area contributed by atoms with Crippen LogP contribution >= 0.6 is 0 Å². The summed E-state index contributed by atoms with van der Waals surface area (Å²) < 4.78 is 42.8. The van der Waals surface area contributed by atoms with Crippen LogP contribution in [0.3, 0.4) is 0 Å². The molecular formula is C11H9F3N3O. The van der Waals surface area contributed by atoms with Crippen molar-refractivity contribution in [3.8, 4) is 5.75 Å². The molecule has 0 amide bonds. The van der Waals surface area contributed by atoms with Crippen LogP contribution in [0.4, 0.5) is 13.2 Å². The summed E-state index contributed by atoms with van der Waals surface area (Å²) in [6, 6.07) is 3.67. The van der Waals surface area contributed by atoms with Crippen LogP contribution < -0.4 is 4.74 Å². The molecule has 1 aromatic heterocycles. The van der Waals surface area contributed by atoms with E-state index in [0.717, 1.165) is 6.07 Å². The van der Waals surface area contributed by atoms with Gasteiger partial charge in [-0.15, -0.1) is 5.10 Å². The van der Waals surface area contributed by atoms with Gasteiger partial charge in [0.25, 0.3) is 0 Å². The lowest BCUT2D eigenvalue weighted by molar-refractivity contribution is -0.0522. The molecule has 1 aromatic carbocycles. The van der Waals surface area contributed by atoms with E-state index in [2.05, 4.69) is 15.0 Å². The van der Waals surface area contributed by atoms with Crippen molar-refractivity contribution in [2.45, 2.75) is 6.61 Å². The van der Waals surface area contributed by atoms with Crippen LogP contribution in [0.25, 0.3) is 0 Å². The van der Waals surface area contributed by atoms with Gasteiger partial charge in [0.2, 0.25) is 0 Å². The number of hydrogen-bond acceptors (Lipinski definition) is 3. The molecule has 2 rings (SSSR count). The third kappa shape index (κ3) is 2.99. The fourth-order valence-electron chi connectivity index (χ4n) is 1.40. The zero-order valence-corrected chi connectivity index (χ0v) is 9.35. The molecule has 0 unspecified atom stereocenters. The number of aromatic nitrogens is 3. The lowest BCUT2D eigenvalue weighted by atomic mass is 10.1. The number of nitrogens with zero attached hydrogens (tertiary/aromatic N) is 3. The van der Waals surface area contributed by atoms with Crippen molar-refractivity contribution < 1.29 is 17.9 Å². The van der Waals surface area contributed by atoms with Gasteiger partial charge < -0.3 is 4.74 Å². The smallest absolute Gasteiger partial charge is 0.387 e. The van der Waals surface area contributed by atoms with Crippen molar-refractivity contribution in [3.63, 3.8) is 0 Å². The molecule has 0 N–H and O–H groups in total. The van der Waals surface area contributed by atoms with Gasteiger partial charge in [0, 0.05) is 19.7 Å². The molecule has 1 heterocycles. The lowest BCUT2D eigenvalue weighted by Gasteiger charge is -2.07. The molecule has 0 bridgehead atoms. The summed E-state index contributed by atoms with van der Waals surface area (Å²) in [6.45, 7) is -3.06. The SMILES string of the molecule is Cn1cc([CH]c2ccc(F)c(OC(F)F)c2)nn1. The maximum atomic E-state index is 13.2. The van der Waals surface area contributed by atoms with Gasteiger partial charge in [-0.1, -0.05) is 11.3 Å². The van der Waals surface area contributed by atoms with Crippen LogP contribution in [-0.4, -0.2) is 21.6 Å². The van der Waals surface area contributed by atoms with E-state index in [1.807, 2.05) is 0 Å². The fraction of sp³-hybridized carbons (Fsp3) is 0.182. The molecule has 0 saturated carbocycles. The van der Waals surface area contributed by atoms with Crippen molar-refractivity contribution in [2.24, 2.45) is 7.05 Å². The number of halogens is 3. The predicted molar refractivity (Wildman–Crippen MR) is 56.5 cm³/mol. The summed E-state index contributed by atoms with van der Waals surface area (Å²) in [5, 5.41) is 7.51. The first kappa shape index (κ1) is 12.4. The Labute approximate surface area is 101 Å². The number of alkyl halides is 2. The quantitative estimate of drug-likeness (QED) is 0.841. The molecular weight excluding hydrogens is 247 g/mol. The Kier molecular flexibility index (Phi) is 3.50. The molecule has 0 saturated heterocycles. The van der Waals surface area contributed by atoms with E-state index in [1.54, 1.807) is 19.7 Å². The van der Waals surface area contributed by atoms with E-state index in [0.29, 0.717) is 11.3 Å². The van der Waals surface area contributed by atoms with Gasteiger partial charge in [-0.25, -0.2) is 4.39 Å². The molecule has 4 nitrogen and oxygen atoms in total. The summed E-state index contributed by atoms with van der Waals surface area (Å²) in [5.41, 5.74) is 1.03. The standard InChI is InChI=1S/C11H9F3N3O/c1-17-6-8(15-16-17)4-7-2-3-9(12)10(5-7)18-11(13)14/h2-6,11H,1H3. The molecule has 0 fully saturated rings. The molecule has 7 heteroatoms. The predicted octanol–water partition coefficient (Wildman–Crippen LogP) is 2.16. The van der Waals surface area contributed by atoms with Crippen molar-refractivity contribution in [1.82, 2.24) is 15.0 Å². The van der Waals surface area contributed by atoms with E-state index in [-0.39, 0.29) is 0 Å². The second-order valence-electron chi connectivity index (χ2n) is 3.53. The highest BCUT2D eigenvalue weighted by molar-refractivity contribution is 5.38. The minimum atomic E-state index is -3.06. The second-order valence-corrected chi connectivity index (χ2v) is 3.53. The Morgan fingerprint density at radius 2 is 2.17 bits per heavy atom. The van der Waals surface area contributed by atoms with Gasteiger partial charge in [-0.3, -0.25) is 4.68 Å². The number of rotatable bonds is 4. The van der Waals surface area contributed by atoms with Crippen LogP contribution in [0, 0.1) is 12.2 Å². The Morgan fingerprint density at radius 3 is 2.78 bits per heavy atom. The first-order valence-electron chi connectivity index (χ1n) is 5.00. The second kappa shape index (κ2) is 5.07. The number of aryl methyl sites for hydroxylation is 1. The molecule has 0 aliphatic rings. The largest absolute Gasteiger partial charge is 0.432 e. The summed E-state index contributed by atoms with van der Waals surface area (Å²) in [5.74, 6) is -1.34. The average Bonchev–Trinajstić information content (AvgIpc) is 2.68. The zero-order valence-electron chi connectivity index (χ0n) is 9.35. The van der Waals surface area contributed by atoms with Crippen molar-refractivity contribution in [3.05, 3.63) is 47.9 Å². The summed E-state index contributed by atoms with van der Waals surface area (Å²) in [7, 11) is 1.69. The molecule has 95 valence electrons. The normalized spacial score (nSPS) is 10.9. The van der Waals surface area contributed by atoms with Crippen molar-refractivity contribution in [2.75, 3.05) is 0 Å². The minimum absolute atomic E-state index is 0.493. The molecule has 0 aliphatic carbocycles. The molecule has 0 atom stereocenters. The van der Waals surface area contributed by atoms with Gasteiger partial charge in [0.15, 0.2) is 11.6 Å². The van der Waals surface area contributed by atoms with Crippen LogP contribution in [0.2, 0.25) is 0 Å². The highest BCUT2D eigenvalue weighted by atomic mass is 19.3. The Balaban J connectivity index is 2.18. The van der Waals surface area contributed by atoms with E-state index < -0.39 is 18.2 Å². The molecule has 2 aromatic rings. The molecule has 18 heavy (non-hydrogen) atoms. The topological polar surface area (TPSA) is 39.9 Å². The van der Waals surface area contributed by atoms with E-state index in [9.17, 15) is 13.2 Å². The van der Waals surface area contributed by atoms with E-state index in [1.165, 1.54) is 16.8 Å². The van der Waals surface area contributed by atoms with Crippen LogP contribution in [0.5, 0.6) is 5.75 Å². The van der Waals surface area contributed by atoms with Gasteiger partial charge >= 0.3 is 6.61 Å². The lowest BCUT2D eigenvalue weighted by Crippen LogP contribution is -2.04. The van der Waals surface area contributed by atoms with Gasteiger partial charge in [-0.2, -0.15) is 8.78 Å². The third-order valence-electron chi connectivity index (χ3n) is 2.11. The van der Waals surface area contributed by atoms with E-state index in [4.69, 9.17) is 0 Å². The Bertz CT molecular complexity index is 542. The van der Waals surface area contributed by atoms with Gasteiger partial charge in [0.1, 0.15) is 0 Å². The number of benzene rings is 1. The first-order valence-corrected chi connectivity index (χ1v) is 5.00. The fourth-order valence-corrected chi connectivity index (χ4v) is 1.40. The van der Waals surface area contributed by atoms with Crippen LogP contribution in [0.15, 0.2) is 24.4 Å². The highest BCUT2D eigenvalue weighted by Gasteiger charge is 2.11.